The van der Waals surface area contributed by atoms with Crippen molar-refractivity contribution in [2.75, 3.05) is 0 Å². The lowest BCUT2D eigenvalue weighted by atomic mass is 9.71. The van der Waals surface area contributed by atoms with Crippen molar-refractivity contribution < 1.29 is 9.90 Å². The number of carbonyl (C=O) groups excluding carboxylic acids is 1. The fraction of sp³-hybridized carbons (Fsp3) is 0.929. The molecule has 0 aromatic heterocycles. The molecule has 0 aliphatic carbocycles. The molecule has 2 nitrogen and oxygen atoms in total. The zero-order valence-electron chi connectivity index (χ0n) is 11.7. The van der Waals surface area contributed by atoms with Crippen LogP contribution in [-0.2, 0) is 4.79 Å². The molecular formula is C14H28O2. The van der Waals surface area contributed by atoms with E-state index in [2.05, 4.69) is 41.5 Å². The highest BCUT2D eigenvalue weighted by molar-refractivity contribution is 5.49. The van der Waals surface area contributed by atoms with Crippen LogP contribution in [-0.4, -0.2) is 17.5 Å². The van der Waals surface area contributed by atoms with Crippen molar-refractivity contribution in [2.24, 2.45) is 16.7 Å². The van der Waals surface area contributed by atoms with E-state index in [0.29, 0.717) is 6.42 Å². The summed E-state index contributed by atoms with van der Waals surface area (Å²) in [5.41, 5.74) is 0.178. The van der Waals surface area contributed by atoms with Crippen molar-refractivity contribution in [1.82, 2.24) is 0 Å². The molecule has 16 heavy (non-hydrogen) atoms. The second kappa shape index (κ2) is 5.81. The highest BCUT2D eigenvalue weighted by Crippen LogP contribution is 2.36. The maximum Gasteiger partial charge on any atom is 0.120 e. The van der Waals surface area contributed by atoms with Gasteiger partial charge in [0.25, 0.3) is 0 Å². The van der Waals surface area contributed by atoms with Gasteiger partial charge in [0.2, 0.25) is 0 Å². The summed E-state index contributed by atoms with van der Waals surface area (Å²) in [6.45, 7) is 12.8. The fourth-order valence-corrected chi connectivity index (χ4v) is 2.22. The Kier molecular flexibility index (Phi) is 5.67. The number of aliphatic hydroxyl groups is 1. The molecule has 0 heterocycles. The van der Waals surface area contributed by atoms with Gasteiger partial charge in [-0.05, 0) is 29.6 Å². The van der Waals surface area contributed by atoms with Gasteiger partial charge in [0, 0.05) is 6.42 Å². The lowest BCUT2D eigenvalue weighted by molar-refractivity contribution is -0.108. The van der Waals surface area contributed by atoms with E-state index in [1.54, 1.807) is 0 Å². The largest absolute Gasteiger partial charge is 0.393 e. The van der Waals surface area contributed by atoms with Crippen LogP contribution >= 0.6 is 0 Å². The predicted molar refractivity (Wildman–Crippen MR) is 68.3 cm³/mol. The summed E-state index contributed by atoms with van der Waals surface area (Å²) in [5, 5.41) is 10.3. The number of carbonyl (C=O) groups is 1. The van der Waals surface area contributed by atoms with Crippen molar-refractivity contribution in [3.05, 3.63) is 0 Å². The molecule has 0 amide bonds. The lowest BCUT2D eigenvalue weighted by Gasteiger charge is -2.37. The zero-order valence-corrected chi connectivity index (χ0v) is 11.7. The highest BCUT2D eigenvalue weighted by Gasteiger charge is 2.32. The summed E-state index contributed by atoms with van der Waals surface area (Å²) >= 11 is 0. The van der Waals surface area contributed by atoms with Crippen LogP contribution in [0.5, 0.6) is 0 Å². The Bertz CT molecular complexity index is 208. The van der Waals surface area contributed by atoms with E-state index in [1.807, 2.05) is 0 Å². The molecule has 0 saturated heterocycles. The first-order valence-electron chi connectivity index (χ1n) is 6.19. The molecule has 0 saturated carbocycles. The summed E-state index contributed by atoms with van der Waals surface area (Å²) in [7, 11) is 0. The molecule has 0 aromatic carbocycles. The summed E-state index contributed by atoms with van der Waals surface area (Å²) < 4.78 is 0. The number of hydrogen-bond acceptors (Lipinski definition) is 2. The molecule has 1 N–H and O–H groups in total. The average molecular weight is 228 g/mol. The average Bonchev–Trinajstić information content (AvgIpc) is 1.98. The minimum absolute atomic E-state index is 0.0493. The Labute approximate surface area is 100 Å². The molecule has 0 aromatic rings. The van der Waals surface area contributed by atoms with Crippen LogP contribution in [0.3, 0.4) is 0 Å². The summed E-state index contributed by atoms with van der Waals surface area (Å²) in [5.74, 6) is 0.192. The first-order chi connectivity index (χ1) is 7.08. The van der Waals surface area contributed by atoms with E-state index in [4.69, 9.17) is 0 Å². The van der Waals surface area contributed by atoms with Gasteiger partial charge in [-0.15, -0.1) is 0 Å². The summed E-state index contributed by atoms with van der Waals surface area (Å²) in [6.07, 6.45) is 2.74. The zero-order chi connectivity index (χ0) is 13.0. The molecule has 0 bridgehead atoms. The third-order valence-corrected chi connectivity index (χ3v) is 2.99. The van der Waals surface area contributed by atoms with Gasteiger partial charge in [-0.1, -0.05) is 41.5 Å². The van der Waals surface area contributed by atoms with E-state index in [0.717, 1.165) is 19.1 Å². The Hall–Kier alpha value is -0.370. The van der Waals surface area contributed by atoms with E-state index in [9.17, 15) is 9.90 Å². The van der Waals surface area contributed by atoms with Crippen molar-refractivity contribution in [2.45, 2.75) is 66.9 Å². The molecule has 96 valence electrons. The smallest absolute Gasteiger partial charge is 0.120 e. The van der Waals surface area contributed by atoms with Crippen LogP contribution < -0.4 is 0 Å². The number of rotatable bonds is 5. The summed E-state index contributed by atoms with van der Waals surface area (Å²) in [6, 6.07) is 0. The van der Waals surface area contributed by atoms with Gasteiger partial charge in [0.05, 0.1) is 6.10 Å². The normalized spacial score (nSPS) is 16.9. The second-order valence-corrected chi connectivity index (χ2v) is 7.05. The van der Waals surface area contributed by atoms with E-state index < -0.39 is 0 Å². The van der Waals surface area contributed by atoms with Gasteiger partial charge >= 0.3 is 0 Å². The lowest BCUT2D eigenvalue weighted by Crippen LogP contribution is -2.34. The van der Waals surface area contributed by atoms with Crippen molar-refractivity contribution in [3.8, 4) is 0 Å². The van der Waals surface area contributed by atoms with Crippen molar-refractivity contribution in [3.63, 3.8) is 0 Å². The van der Waals surface area contributed by atoms with Gasteiger partial charge < -0.3 is 9.90 Å². The second-order valence-electron chi connectivity index (χ2n) is 7.05. The van der Waals surface area contributed by atoms with E-state index in [-0.39, 0.29) is 22.9 Å². The summed E-state index contributed by atoms with van der Waals surface area (Å²) in [4.78, 5) is 10.5. The van der Waals surface area contributed by atoms with E-state index in [1.165, 1.54) is 0 Å². The Morgan fingerprint density at radius 2 is 1.62 bits per heavy atom. The van der Waals surface area contributed by atoms with Crippen molar-refractivity contribution in [1.29, 1.82) is 0 Å². The minimum atomic E-state index is -0.319. The molecule has 2 unspecified atom stereocenters. The van der Waals surface area contributed by atoms with Crippen LogP contribution in [0.1, 0.15) is 60.8 Å². The fourth-order valence-electron chi connectivity index (χ4n) is 2.22. The standard InChI is InChI=1S/C14H28O2/c1-13(2,3)10-12(16)11(8-7-9-15)14(4,5)6/h9,11-12,16H,7-8,10H2,1-6H3. The van der Waals surface area contributed by atoms with Crippen LogP contribution in [0.25, 0.3) is 0 Å². The molecule has 0 aliphatic heterocycles. The molecule has 0 aliphatic rings. The molecular weight excluding hydrogens is 200 g/mol. The van der Waals surface area contributed by atoms with E-state index >= 15 is 0 Å². The number of hydrogen-bond donors (Lipinski definition) is 1. The molecule has 0 fully saturated rings. The first-order valence-corrected chi connectivity index (χ1v) is 6.19. The van der Waals surface area contributed by atoms with Crippen molar-refractivity contribution >= 4 is 6.29 Å². The maximum absolute atomic E-state index is 10.5. The Balaban J connectivity index is 4.56. The molecule has 0 radical (unpaired) electrons. The third-order valence-electron chi connectivity index (χ3n) is 2.99. The van der Waals surface area contributed by atoms with Gasteiger partial charge in [0.1, 0.15) is 6.29 Å². The number of aldehydes is 1. The van der Waals surface area contributed by atoms with Gasteiger partial charge in [-0.3, -0.25) is 0 Å². The Morgan fingerprint density at radius 1 is 1.12 bits per heavy atom. The van der Waals surface area contributed by atoms with Gasteiger partial charge in [-0.2, -0.15) is 0 Å². The van der Waals surface area contributed by atoms with Crippen LogP contribution in [0.4, 0.5) is 0 Å². The van der Waals surface area contributed by atoms with Gasteiger partial charge in [0.15, 0.2) is 0 Å². The molecule has 0 rings (SSSR count). The Morgan fingerprint density at radius 3 is 1.94 bits per heavy atom. The molecule has 2 heteroatoms. The predicted octanol–water partition coefficient (Wildman–Crippen LogP) is 3.42. The quantitative estimate of drug-likeness (QED) is 0.732. The minimum Gasteiger partial charge on any atom is -0.393 e. The highest BCUT2D eigenvalue weighted by atomic mass is 16.3. The third kappa shape index (κ3) is 6.26. The first kappa shape index (κ1) is 15.6. The maximum atomic E-state index is 10.5. The molecule has 0 spiro atoms. The SMILES string of the molecule is CC(C)(C)CC(O)C(CCC=O)C(C)(C)C. The molecule has 2 atom stereocenters. The topological polar surface area (TPSA) is 37.3 Å². The number of aliphatic hydroxyl groups excluding tert-OH is 1. The monoisotopic (exact) mass is 228 g/mol. The van der Waals surface area contributed by atoms with Crippen LogP contribution in [0.15, 0.2) is 0 Å². The van der Waals surface area contributed by atoms with Crippen LogP contribution in [0, 0.1) is 16.7 Å². The van der Waals surface area contributed by atoms with Gasteiger partial charge in [-0.25, -0.2) is 0 Å². The van der Waals surface area contributed by atoms with Crippen LogP contribution in [0.2, 0.25) is 0 Å².